The van der Waals surface area contributed by atoms with Crippen molar-refractivity contribution < 1.29 is 14.4 Å². The van der Waals surface area contributed by atoms with Gasteiger partial charge in [0.1, 0.15) is 13.7 Å². The van der Waals surface area contributed by atoms with Gasteiger partial charge in [-0.05, 0) is 52.7 Å². The molecule has 1 amide bonds. The van der Waals surface area contributed by atoms with Gasteiger partial charge < -0.3 is 14.9 Å². The summed E-state index contributed by atoms with van der Waals surface area (Å²) in [5, 5.41) is 10.6. The Labute approximate surface area is 168 Å². The number of aromatic nitrogens is 2. The molecule has 0 saturated carbocycles. The van der Waals surface area contributed by atoms with Crippen molar-refractivity contribution in [1.82, 2.24) is 15.1 Å². The molecule has 0 unspecified atom stereocenters. The number of oxime groups is 1. The topological polar surface area (TPSA) is 77.7 Å². The second-order valence-electron chi connectivity index (χ2n) is 5.09. The van der Waals surface area contributed by atoms with E-state index in [0.29, 0.717) is 11.5 Å². The van der Waals surface area contributed by atoms with Crippen molar-refractivity contribution in [2.75, 3.05) is 20.8 Å². The van der Waals surface area contributed by atoms with Gasteiger partial charge in [-0.1, -0.05) is 21.1 Å². The SMILES string of the molecule is CNC(=O)C(=NOC)C(C)=CCOc1ccn(-c2ccc(Br)cc2Br)n1. The van der Waals surface area contributed by atoms with Crippen LogP contribution in [0.2, 0.25) is 0 Å². The molecule has 0 aliphatic carbocycles. The molecule has 1 heterocycles. The van der Waals surface area contributed by atoms with Crippen molar-refractivity contribution in [2.24, 2.45) is 5.16 Å². The number of rotatable bonds is 7. The minimum Gasteiger partial charge on any atom is -0.472 e. The van der Waals surface area contributed by atoms with Crippen LogP contribution in [0.15, 0.2) is 56.2 Å². The summed E-state index contributed by atoms with van der Waals surface area (Å²) in [6.45, 7) is 2.00. The standard InChI is InChI=1S/C17H18Br2N4O3/c1-11(16(22-25-3)17(24)20-2)7-9-26-15-6-8-23(21-15)14-5-4-12(18)10-13(14)19/h4-8,10H,9H2,1-3H3,(H,20,24). The molecule has 2 rings (SSSR count). The van der Waals surface area contributed by atoms with E-state index in [4.69, 9.17) is 9.57 Å². The van der Waals surface area contributed by atoms with E-state index in [2.05, 4.69) is 47.4 Å². The van der Waals surface area contributed by atoms with Crippen LogP contribution in [-0.2, 0) is 9.63 Å². The minimum atomic E-state index is -0.329. The fraction of sp³-hybridized carbons (Fsp3) is 0.235. The highest BCUT2D eigenvalue weighted by Crippen LogP contribution is 2.25. The van der Waals surface area contributed by atoms with Crippen LogP contribution < -0.4 is 10.1 Å². The molecule has 9 heteroatoms. The van der Waals surface area contributed by atoms with Gasteiger partial charge in [0.05, 0.1) is 5.69 Å². The second kappa shape index (κ2) is 9.54. The second-order valence-corrected chi connectivity index (χ2v) is 6.86. The van der Waals surface area contributed by atoms with E-state index < -0.39 is 0 Å². The van der Waals surface area contributed by atoms with Crippen molar-refractivity contribution in [2.45, 2.75) is 6.92 Å². The molecule has 2 aromatic rings. The van der Waals surface area contributed by atoms with Crippen molar-refractivity contribution in [3.8, 4) is 11.6 Å². The average Bonchev–Trinajstić information content (AvgIpc) is 3.07. The predicted octanol–water partition coefficient (Wildman–Crippen LogP) is 3.47. The first-order valence-electron chi connectivity index (χ1n) is 7.60. The first kappa shape index (κ1) is 20.2. The molecular formula is C17H18Br2N4O3. The molecule has 7 nitrogen and oxygen atoms in total. The number of nitrogens with one attached hydrogen (secondary N) is 1. The quantitative estimate of drug-likeness (QED) is 0.481. The molecule has 0 bridgehead atoms. The van der Waals surface area contributed by atoms with Gasteiger partial charge in [0, 0.05) is 28.3 Å². The molecule has 1 aromatic heterocycles. The van der Waals surface area contributed by atoms with Gasteiger partial charge in [-0.3, -0.25) is 4.79 Å². The zero-order valence-electron chi connectivity index (χ0n) is 14.5. The lowest BCUT2D eigenvalue weighted by molar-refractivity contribution is -0.114. The number of benzene rings is 1. The number of ether oxygens (including phenoxy) is 1. The average molecular weight is 486 g/mol. The van der Waals surface area contributed by atoms with E-state index in [1.807, 2.05) is 24.4 Å². The molecule has 1 N–H and O–H groups in total. The van der Waals surface area contributed by atoms with Crippen molar-refractivity contribution >= 4 is 43.5 Å². The first-order valence-corrected chi connectivity index (χ1v) is 9.19. The van der Waals surface area contributed by atoms with Gasteiger partial charge in [0.15, 0.2) is 5.71 Å². The molecule has 0 radical (unpaired) electrons. The molecule has 0 atom stereocenters. The van der Waals surface area contributed by atoms with Crippen molar-refractivity contribution in [3.63, 3.8) is 0 Å². The fourth-order valence-electron chi connectivity index (χ4n) is 2.04. The smallest absolute Gasteiger partial charge is 0.273 e. The maximum atomic E-state index is 11.8. The van der Waals surface area contributed by atoms with E-state index >= 15 is 0 Å². The molecule has 1 aromatic carbocycles. The number of amides is 1. The van der Waals surface area contributed by atoms with Gasteiger partial charge in [-0.25, -0.2) is 4.68 Å². The summed E-state index contributed by atoms with van der Waals surface area (Å²) in [6, 6.07) is 7.58. The molecule has 26 heavy (non-hydrogen) atoms. The number of hydrogen-bond donors (Lipinski definition) is 1. The number of carbonyl (C=O) groups is 1. The summed E-state index contributed by atoms with van der Waals surface area (Å²) in [5.74, 6) is 0.138. The molecule has 0 spiro atoms. The number of hydrogen-bond acceptors (Lipinski definition) is 5. The van der Waals surface area contributed by atoms with Crippen LogP contribution in [0.1, 0.15) is 6.92 Å². The van der Waals surface area contributed by atoms with E-state index in [0.717, 1.165) is 14.6 Å². The summed E-state index contributed by atoms with van der Waals surface area (Å²) in [4.78, 5) is 16.5. The van der Waals surface area contributed by atoms with Crippen molar-refractivity contribution in [3.05, 3.63) is 51.1 Å². The van der Waals surface area contributed by atoms with Gasteiger partial charge in [0.2, 0.25) is 5.88 Å². The first-order chi connectivity index (χ1) is 12.5. The predicted molar refractivity (Wildman–Crippen MR) is 107 cm³/mol. The lowest BCUT2D eigenvalue weighted by atomic mass is 10.1. The highest BCUT2D eigenvalue weighted by atomic mass is 79.9. The summed E-state index contributed by atoms with van der Waals surface area (Å²) in [7, 11) is 2.92. The molecule has 138 valence electrons. The molecule has 0 aliphatic heterocycles. The summed E-state index contributed by atoms with van der Waals surface area (Å²) < 4.78 is 9.22. The van der Waals surface area contributed by atoms with Crippen LogP contribution >= 0.6 is 31.9 Å². The van der Waals surface area contributed by atoms with Crippen LogP contribution in [-0.4, -0.2) is 42.2 Å². The van der Waals surface area contributed by atoms with Gasteiger partial charge in [0.25, 0.3) is 5.91 Å². The third kappa shape index (κ3) is 5.18. The maximum Gasteiger partial charge on any atom is 0.273 e. The zero-order chi connectivity index (χ0) is 19.1. The Bertz CT molecular complexity index is 846. The van der Waals surface area contributed by atoms with Crippen LogP contribution in [0.3, 0.4) is 0 Å². The summed E-state index contributed by atoms with van der Waals surface area (Å²) >= 11 is 6.93. The largest absolute Gasteiger partial charge is 0.472 e. The van der Waals surface area contributed by atoms with Gasteiger partial charge in [-0.2, -0.15) is 0 Å². The normalized spacial score (nSPS) is 12.0. The van der Waals surface area contributed by atoms with Gasteiger partial charge >= 0.3 is 0 Å². The third-order valence-corrected chi connectivity index (χ3v) is 4.47. The Morgan fingerprint density at radius 1 is 1.38 bits per heavy atom. The van der Waals surface area contributed by atoms with Crippen LogP contribution in [0.4, 0.5) is 0 Å². The lowest BCUT2D eigenvalue weighted by Crippen LogP contribution is -2.28. The number of halogens is 2. The number of carbonyl (C=O) groups excluding carboxylic acids is 1. The highest BCUT2D eigenvalue weighted by Gasteiger charge is 2.12. The van der Waals surface area contributed by atoms with Gasteiger partial charge in [-0.15, -0.1) is 5.10 Å². The van der Waals surface area contributed by atoms with Crippen LogP contribution in [0.25, 0.3) is 5.69 Å². The molecule has 0 aliphatic rings. The summed E-state index contributed by atoms with van der Waals surface area (Å²) in [6.07, 6.45) is 3.55. The Morgan fingerprint density at radius 3 is 2.81 bits per heavy atom. The van der Waals surface area contributed by atoms with E-state index in [9.17, 15) is 4.79 Å². The molecule has 0 fully saturated rings. The van der Waals surface area contributed by atoms with E-state index in [1.54, 1.807) is 23.7 Å². The zero-order valence-corrected chi connectivity index (χ0v) is 17.7. The minimum absolute atomic E-state index is 0.197. The lowest BCUT2D eigenvalue weighted by Gasteiger charge is -2.06. The van der Waals surface area contributed by atoms with E-state index in [1.165, 1.54) is 14.2 Å². The Balaban J connectivity index is 2.05. The monoisotopic (exact) mass is 484 g/mol. The maximum absolute atomic E-state index is 11.8. The Kier molecular flexibility index (Phi) is 7.40. The van der Waals surface area contributed by atoms with E-state index in [-0.39, 0.29) is 18.2 Å². The highest BCUT2D eigenvalue weighted by molar-refractivity contribution is 9.11. The Hall–Kier alpha value is -2.13. The fourth-order valence-corrected chi connectivity index (χ4v) is 3.27. The molecular weight excluding hydrogens is 468 g/mol. The summed E-state index contributed by atoms with van der Waals surface area (Å²) in [5.41, 5.74) is 1.73. The van der Waals surface area contributed by atoms with Crippen LogP contribution in [0, 0.1) is 0 Å². The van der Waals surface area contributed by atoms with Crippen molar-refractivity contribution in [1.29, 1.82) is 0 Å². The third-order valence-electron chi connectivity index (χ3n) is 3.34. The Morgan fingerprint density at radius 2 is 2.15 bits per heavy atom. The van der Waals surface area contributed by atoms with Crippen LogP contribution in [0.5, 0.6) is 5.88 Å². The molecule has 0 saturated heterocycles. The number of nitrogens with zero attached hydrogens (tertiary/aromatic N) is 3.